The van der Waals surface area contributed by atoms with Gasteiger partial charge in [0.05, 0.1) is 16.3 Å². The predicted molar refractivity (Wildman–Crippen MR) is 82.2 cm³/mol. The molecule has 0 aliphatic rings. The maximum atomic E-state index is 11.9. The van der Waals surface area contributed by atoms with E-state index in [-0.39, 0.29) is 16.3 Å². The molecule has 0 aromatic heterocycles. The van der Waals surface area contributed by atoms with Crippen molar-refractivity contribution in [1.29, 1.82) is 0 Å². The van der Waals surface area contributed by atoms with E-state index in [1.54, 1.807) is 12.1 Å². The highest BCUT2D eigenvalue weighted by molar-refractivity contribution is 6.34. The maximum Gasteiger partial charge on any atom is 0.335 e. The van der Waals surface area contributed by atoms with E-state index >= 15 is 0 Å². The van der Waals surface area contributed by atoms with Gasteiger partial charge in [-0.05, 0) is 36.8 Å². The Morgan fingerprint density at radius 2 is 1.71 bits per heavy atom. The average molecular weight is 305 g/mol. The first-order chi connectivity index (χ1) is 9.97. The summed E-state index contributed by atoms with van der Waals surface area (Å²) >= 11 is 5.94. The first-order valence-corrected chi connectivity index (χ1v) is 6.51. The highest BCUT2D eigenvalue weighted by Gasteiger charge is 2.10. The number of hydrogen-bond donors (Lipinski definition) is 3. The molecule has 0 unspecified atom stereocenters. The second-order valence-corrected chi connectivity index (χ2v) is 4.80. The summed E-state index contributed by atoms with van der Waals surface area (Å²) in [6.07, 6.45) is 0. The monoisotopic (exact) mass is 304 g/mol. The molecule has 6 heteroatoms. The highest BCUT2D eigenvalue weighted by Crippen LogP contribution is 2.23. The minimum absolute atomic E-state index is 0.0468. The van der Waals surface area contributed by atoms with E-state index in [1.165, 1.54) is 18.2 Å². The van der Waals surface area contributed by atoms with Gasteiger partial charge in [0.15, 0.2) is 0 Å². The Balaban J connectivity index is 2.15. The van der Waals surface area contributed by atoms with Gasteiger partial charge < -0.3 is 15.7 Å². The fraction of sp³-hybridized carbons (Fsp3) is 0.0667. The standard InChI is InChI=1S/C15H13ClN2O3/c1-9-4-2-3-5-12(9)17-15(21)18-13-8-10(14(19)20)6-7-11(13)16/h2-8H,1H3,(H,19,20)(H2,17,18,21). The third-order valence-electron chi connectivity index (χ3n) is 2.85. The van der Waals surface area contributed by atoms with E-state index in [0.29, 0.717) is 5.69 Å². The Bertz CT molecular complexity index is 701. The summed E-state index contributed by atoms with van der Waals surface area (Å²) in [4.78, 5) is 22.9. The molecule has 5 nitrogen and oxygen atoms in total. The number of carbonyl (C=O) groups excluding carboxylic acids is 1. The molecule has 3 N–H and O–H groups in total. The molecule has 0 heterocycles. The van der Waals surface area contributed by atoms with Crippen LogP contribution in [0.15, 0.2) is 42.5 Å². The zero-order chi connectivity index (χ0) is 15.4. The van der Waals surface area contributed by atoms with Crippen molar-refractivity contribution in [3.63, 3.8) is 0 Å². The molecule has 0 radical (unpaired) electrons. The molecule has 0 aliphatic carbocycles. The number of carbonyl (C=O) groups is 2. The van der Waals surface area contributed by atoms with Crippen molar-refractivity contribution in [3.8, 4) is 0 Å². The van der Waals surface area contributed by atoms with Crippen LogP contribution in [-0.4, -0.2) is 17.1 Å². The normalized spacial score (nSPS) is 10.0. The van der Waals surface area contributed by atoms with Crippen molar-refractivity contribution in [2.75, 3.05) is 10.6 Å². The van der Waals surface area contributed by atoms with E-state index in [2.05, 4.69) is 10.6 Å². The van der Waals surface area contributed by atoms with Crippen LogP contribution in [0.1, 0.15) is 15.9 Å². The summed E-state index contributed by atoms with van der Waals surface area (Å²) in [6, 6.07) is 10.9. The summed E-state index contributed by atoms with van der Waals surface area (Å²) < 4.78 is 0. The van der Waals surface area contributed by atoms with E-state index < -0.39 is 12.0 Å². The molecule has 21 heavy (non-hydrogen) atoms. The van der Waals surface area contributed by atoms with Crippen molar-refractivity contribution < 1.29 is 14.7 Å². The van der Waals surface area contributed by atoms with Crippen LogP contribution in [0.3, 0.4) is 0 Å². The number of aromatic carboxylic acids is 1. The van der Waals surface area contributed by atoms with Crippen LogP contribution in [0.25, 0.3) is 0 Å². The van der Waals surface area contributed by atoms with Crippen LogP contribution in [0.4, 0.5) is 16.2 Å². The molecule has 0 fully saturated rings. The number of benzene rings is 2. The molecule has 0 bridgehead atoms. The Hall–Kier alpha value is -2.53. The lowest BCUT2D eigenvalue weighted by atomic mass is 10.2. The van der Waals surface area contributed by atoms with Gasteiger partial charge in [-0.3, -0.25) is 0 Å². The number of para-hydroxylation sites is 1. The van der Waals surface area contributed by atoms with Gasteiger partial charge in [-0.15, -0.1) is 0 Å². The number of anilines is 2. The molecule has 0 saturated carbocycles. The minimum atomic E-state index is -1.09. The van der Waals surface area contributed by atoms with Gasteiger partial charge in [0, 0.05) is 5.69 Å². The zero-order valence-electron chi connectivity index (χ0n) is 11.2. The van der Waals surface area contributed by atoms with Crippen LogP contribution in [0.2, 0.25) is 5.02 Å². The molecule has 108 valence electrons. The van der Waals surface area contributed by atoms with Crippen LogP contribution in [0.5, 0.6) is 0 Å². The average Bonchev–Trinajstić information content (AvgIpc) is 2.43. The Morgan fingerprint density at radius 1 is 1.05 bits per heavy atom. The molecule has 0 spiro atoms. The molecule has 2 aromatic rings. The molecule has 0 atom stereocenters. The zero-order valence-corrected chi connectivity index (χ0v) is 11.9. The molecule has 2 amide bonds. The number of amides is 2. The van der Waals surface area contributed by atoms with Crippen molar-refractivity contribution in [2.24, 2.45) is 0 Å². The molecule has 2 rings (SSSR count). The van der Waals surface area contributed by atoms with Gasteiger partial charge >= 0.3 is 12.0 Å². The molecule has 2 aromatic carbocycles. The second kappa shape index (κ2) is 6.28. The SMILES string of the molecule is Cc1ccccc1NC(=O)Nc1cc(C(=O)O)ccc1Cl. The number of aryl methyl sites for hydroxylation is 1. The van der Waals surface area contributed by atoms with E-state index in [4.69, 9.17) is 16.7 Å². The number of halogens is 1. The van der Waals surface area contributed by atoms with Gasteiger partial charge in [-0.1, -0.05) is 29.8 Å². The quantitative estimate of drug-likeness (QED) is 0.802. The summed E-state index contributed by atoms with van der Waals surface area (Å²) in [5, 5.41) is 14.4. The first-order valence-electron chi connectivity index (χ1n) is 6.14. The fourth-order valence-electron chi connectivity index (χ4n) is 1.74. The summed E-state index contributed by atoms with van der Waals surface area (Å²) in [7, 11) is 0. The topological polar surface area (TPSA) is 78.4 Å². The van der Waals surface area contributed by atoms with Crippen molar-refractivity contribution in [2.45, 2.75) is 6.92 Å². The number of carboxylic acid groups (broad SMARTS) is 1. The second-order valence-electron chi connectivity index (χ2n) is 4.39. The van der Waals surface area contributed by atoms with Gasteiger partial charge in [0.2, 0.25) is 0 Å². The Morgan fingerprint density at radius 3 is 2.38 bits per heavy atom. The number of carboxylic acids is 1. The van der Waals surface area contributed by atoms with Gasteiger partial charge in [-0.25, -0.2) is 9.59 Å². The number of urea groups is 1. The van der Waals surface area contributed by atoms with Crippen molar-refractivity contribution >= 4 is 35.0 Å². The molecular formula is C15H13ClN2O3. The van der Waals surface area contributed by atoms with E-state index in [1.807, 2.05) is 19.1 Å². The lowest BCUT2D eigenvalue weighted by Gasteiger charge is -2.11. The van der Waals surface area contributed by atoms with Crippen LogP contribution >= 0.6 is 11.6 Å². The number of rotatable bonds is 3. The third kappa shape index (κ3) is 3.73. The molecular weight excluding hydrogens is 292 g/mol. The summed E-state index contributed by atoms with van der Waals surface area (Å²) in [5.41, 5.74) is 1.87. The van der Waals surface area contributed by atoms with Gasteiger partial charge in [-0.2, -0.15) is 0 Å². The van der Waals surface area contributed by atoms with Gasteiger partial charge in [0.1, 0.15) is 0 Å². The first kappa shape index (κ1) is 14.9. The highest BCUT2D eigenvalue weighted by atomic mass is 35.5. The maximum absolute atomic E-state index is 11.9. The van der Waals surface area contributed by atoms with E-state index in [0.717, 1.165) is 5.56 Å². The van der Waals surface area contributed by atoms with Crippen molar-refractivity contribution in [3.05, 3.63) is 58.6 Å². The van der Waals surface area contributed by atoms with Crippen molar-refractivity contribution in [1.82, 2.24) is 0 Å². The number of hydrogen-bond acceptors (Lipinski definition) is 2. The number of nitrogens with one attached hydrogen (secondary N) is 2. The molecule has 0 saturated heterocycles. The van der Waals surface area contributed by atoms with Gasteiger partial charge in [0.25, 0.3) is 0 Å². The lowest BCUT2D eigenvalue weighted by molar-refractivity contribution is 0.0697. The minimum Gasteiger partial charge on any atom is -0.478 e. The fourth-order valence-corrected chi connectivity index (χ4v) is 1.91. The largest absolute Gasteiger partial charge is 0.478 e. The van der Waals surface area contributed by atoms with Crippen LogP contribution in [-0.2, 0) is 0 Å². The predicted octanol–water partition coefficient (Wildman–Crippen LogP) is 3.99. The third-order valence-corrected chi connectivity index (χ3v) is 3.18. The molecule has 0 aliphatic heterocycles. The van der Waals surface area contributed by atoms with E-state index in [9.17, 15) is 9.59 Å². The van der Waals surface area contributed by atoms with Crippen LogP contribution in [0, 0.1) is 6.92 Å². The summed E-state index contributed by atoms with van der Waals surface area (Å²) in [6.45, 7) is 1.87. The van der Waals surface area contributed by atoms with Crippen LogP contribution < -0.4 is 10.6 Å². The lowest BCUT2D eigenvalue weighted by Crippen LogP contribution is -2.20. The Kier molecular flexibility index (Phi) is 4.45. The smallest absolute Gasteiger partial charge is 0.335 e. The summed E-state index contributed by atoms with van der Waals surface area (Å²) in [5.74, 6) is -1.09. The Labute approximate surface area is 126 Å².